The molecule has 1 aromatic rings. The molecule has 0 aliphatic heterocycles. The SMILES string of the molecule is CC(C)OC(=O)c1ccc(NCC2=CC(=O)C=CC2=O)cc1. The fourth-order valence-electron chi connectivity index (χ4n) is 1.90. The van der Waals surface area contributed by atoms with E-state index >= 15 is 0 Å². The van der Waals surface area contributed by atoms with Crippen molar-refractivity contribution >= 4 is 23.2 Å². The largest absolute Gasteiger partial charge is 0.459 e. The molecular formula is C17H17NO4. The summed E-state index contributed by atoms with van der Waals surface area (Å²) in [4.78, 5) is 34.6. The van der Waals surface area contributed by atoms with E-state index in [9.17, 15) is 14.4 Å². The number of nitrogens with one attached hydrogen (secondary N) is 1. The van der Waals surface area contributed by atoms with Crippen molar-refractivity contribution in [1.82, 2.24) is 0 Å². The predicted octanol–water partition coefficient (Wildman–Crippen LogP) is 2.30. The minimum Gasteiger partial charge on any atom is -0.459 e. The second-order valence-corrected chi connectivity index (χ2v) is 5.15. The smallest absolute Gasteiger partial charge is 0.338 e. The quantitative estimate of drug-likeness (QED) is 0.667. The van der Waals surface area contributed by atoms with Gasteiger partial charge in [0.2, 0.25) is 0 Å². The fourth-order valence-corrected chi connectivity index (χ4v) is 1.90. The summed E-state index contributed by atoms with van der Waals surface area (Å²) in [7, 11) is 0. The Kier molecular flexibility index (Phi) is 4.88. The number of anilines is 1. The van der Waals surface area contributed by atoms with Crippen LogP contribution < -0.4 is 5.32 Å². The molecule has 22 heavy (non-hydrogen) atoms. The third kappa shape index (κ3) is 4.15. The van der Waals surface area contributed by atoms with Crippen LogP contribution in [-0.2, 0) is 14.3 Å². The molecule has 0 radical (unpaired) electrons. The van der Waals surface area contributed by atoms with E-state index in [2.05, 4.69) is 5.32 Å². The van der Waals surface area contributed by atoms with Crippen molar-refractivity contribution in [2.75, 3.05) is 11.9 Å². The van der Waals surface area contributed by atoms with Gasteiger partial charge in [-0.1, -0.05) is 0 Å². The summed E-state index contributed by atoms with van der Waals surface area (Å²) in [6.45, 7) is 3.83. The van der Waals surface area contributed by atoms with Gasteiger partial charge in [0.15, 0.2) is 11.6 Å². The van der Waals surface area contributed by atoms with Crippen molar-refractivity contribution in [1.29, 1.82) is 0 Å². The first-order valence-electron chi connectivity index (χ1n) is 6.97. The van der Waals surface area contributed by atoms with Crippen molar-refractivity contribution in [2.24, 2.45) is 0 Å². The van der Waals surface area contributed by atoms with Crippen molar-refractivity contribution in [3.63, 3.8) is 0 Å². The summed E-state index contributed by atoms with van der Waals surface area (Å²) >= 11 is 0. The van der Waals surface area contributed by atoms with Gasteiger partial charge in [0.25, 0.3) is 0 Å². The van der Waals surface area contributed by atoms with Gasteiger partial charge in [-0.2, -0.15) is 0 Å². The highest BCUT2D eigenvalue weighted by atomic mass is 16.5. The molecule has 0 amide bonds. The summed E-state index contributed by atoms with van der Waals surface area (Å²) in [5, 5.41) is 3.04. The number of carbonyl (C=O) groups is 3. The maximum absolute atomic E-state index is 11.7. The number of ketones is 2. The summed E-state index contributed by atoms with van der Waals surface area (Å²) in [5.74, 6) is -0.741. The number of esters is 1. The Hall–Kier alpha value is -2.69. The summed E-state index contributed by atoms with van der Waals surface area (Å²) in [5.41, 5.74) is 1.62. The van der Waals surface area contributed by atoms with Crippen molar-refractivity contribution in [3.8, 4) is 0 Å². The highest BCUT2D eigenvalue weighted by Gasteiger charge is 2.13. The lowest BCUT2D eigenvalue weighted by molar-refractivity contribution is -0.114. The standard InChI is InChI=1S/C17H17NO4/c1-11(2)22-17(21)12-3-5-14(6-4-12)18-10-13-9-15(19)7-8-16(13)20/h3-9,11,18H,10H2,1-2H3. The van der Waals surface area contributed by atoms with Crippen LogP contribution in [0.4, 0.5) is 5.69 Å². The molecule has 0 saturated carbocycles. The van der Waals surface area contributed by atoms with Gasteiger partial charge in [0.1, 0.15) is 0 Å². The van der Waals surface area contributed by atoms with Gasteiger partial charge in [0, 0.05) is 17.8 Å². The molecule has 0 fully saturated rings. The zero-order valence-corrected chi connectivity index (χ0v) is 12.5. The fraction of sp³-hybridized carbons (Fsp3) is 0.235. The van der Waals surface area contributed by atoms with Crippen LogP contribution in [0, 0.1) is 0 Å². The lowest BCUT2D eigenvalue weighted by Gasteiger charge is -2.11. The van der Waals surface area contributed by atoms with Crippen LogP contribution in [0.1, 0.15) is 24.2 Å². The van der Waals surface area contributed by atoms with E-state index in [1.54, 1.807) is 38.1 Å². The first kappa shape index (κ1) is 15.7. The third-order valence-electron chi connectivity index (χ3n) is 2.98. The van der Waals surface area contributed by atoms with Gasteiger partial charge in [-0.25, -0.2) is 4.79 Å². The monoisotopic (exact) mass is 299 g/mol. The molecule has 114 valence electrons. The lowest BCUT2D eigenvalue weighted by atomic mass is 10.0. The predicted molar refractivity (Wildman–Crippen MR) is 82.7 cm³/mol. The normalized spacial score (nSPS) is 14.0. The summed E-state index contributed by atoms with van der Waals surface area (Å²) in [6, 6.07) is 6.75. The van der Waals surface area contributed by atoms with E-state index in [-0.39, 0.29) is 30.2 Å². The van der Waals surface area contributed by atoms with Gasteiger partial charge < -0.3 is 10.1 Å². The van der Waals surface area contributed by atoms with Gasteiger partial charge >= 0.3 is 5.97 Å². The Morgan fingerprint density at radius 3 is 2.45 bits per heavy atom. The highest BCUT2D eigenvalue weighted by molar-refractivity contribution is 6.17. The maximum Gasteiger partial charge on any atom is 0.338 e. The molecule has 0 saturated heterocycles. The van der Waals surface area contributed by atoms with E-state index in [1.807, 2.05) is 0 Å². The zero-order valence-electron chi connectivity index (χ0n) is 12.5. The lowest BCUT2D eigenvalue weighted by Crippen LogP contribution is -2.16. The Morgan fingerprint density at radius 2 is 1.82 bits per heavy atom. The number of hydrogen-bond acceptors (Lipinski definition) is 5. The van der Waals surface area contributed by atoms with E-state index in [0.29, 0.717) is 11.1 Å². The molecule has 0 aromatic heterocycles. The minimum absolute atomic E-state index is 0.167. The molecule has 1 aromatic carbocycles. The third-order valence-corrected chi connectivity index (χ3v) is 2.98. The van der Waals surface area contributed by atoms with Crippen molar-refractivity contribution < 1.29 is 19.1 Å². The molecule has 2 rings (SSSR count). The number of allylic oxidation sites excluding steroid dienone is 3. The molecule has 0 atom stereocenters. The number of benzene rings is 1. The van der Waals surface area contributed by atoms with E-state index < -0.39 is 0 Å². The Bertz CT molecular complexity index is 654. The average molecular weight is 299 g/mol. The Balaban J connectivity index is 1.96. The molecule has 0 bridgehead atoms. The second-order valence-electron chi connectivity index (χ2n) is 5.15. The topological polar surface area (TPSA) is 72.5 Å². The summed E-state index contributed by atoms with van der Waals surface area (Å²) in [6.07, 6.45) is 3.68. The van der Waals surface area contributed by atoms with Crippen LogP contribution >= 0.6 is 0 Å². The molecule has 1 aliphatic carbocycles. The van der Waals surface area contributed by atoms with E-state index in [1.165, 1.54) is 18.2 Å². The number of carbonyl (C=O) groups excluding carboxylic acids is 3. The molecule has 0 unspecified atom stereocenters. The van der Waals surface area contributed by atoms with Crippen LogP contribution in [0.15, 0.2) is 48.1 Å². The molecule has 1 N–H and O–H groups in total. The summed E-state index contributed by atoms with van der Waals surface area (Å²) < 4.78 is 5.10. The van der Waals surface area contributed by atoms with Gasteiger partial charge in [-0.15, -0.1) is 0 Å². The Labute approximate surface area is 128 Å². The molecule has 5 nitrogen and oxygen atoms in total. The van der Waals surface area contributed by atoms with Crippen molar-refractivity contribution in [2.45, 2.75) is 20.0 Å². The van der Waals surface area contributed by atoms with E-state index in [0.717, 1.165) is 5.69 Å². The van der Waals surface area contributed by atoms with Crippen molar-refractivity contribution in [3.05, 3.63) is 53.6 Å². The molecule has 1 aliphatic rings. The average Bonchev–Trinajstić information content (AvgIpc) is 2.48. The number of rotatable bonds is 5. The molecule has 0 spiro atoms. The maximum atomic E-state index is 11.7. The van der Waals surface area contributed by atoms with Gasteiger partial charge in [0.05, 0.1) is 11.7 Å². The van der Waals surface area contributed by atoms with Gasteiger partial charge in [-0.3, -0.25) is 9.59 Å². The Morgan fingerprint density at radius 1 is 1.14 bits per heavy atom. The van der Waals surface area contributed by atoms with Crippen LogP contribution in [-0.4, -0.2) is 30.2 Å². The van der Waals surface area contributed by atoms with Gasteiger partial charge in [-0.05, 0) is 56.3 Å². The number of ether oxygens (including phenoxy) is 1. The van der Waals surface area contributed by atoms with Crippen LogP contribution in [0.25, 0.3) is 0 Å². The minimum atomic E-state index is -0.373. The zero-order chi connectivity index (χ0) is 16.1. The molecule has 5 heteroatoms. The van der Waals surface area contributed by atoms with E-state index in [4.69, 9.17) is 4.74 Å². The highest BCUT2D eigenvalue weighted by Crippen LogP contribution is 2.13. The molecular weight excluding hydrogens is 282 g/mol. The second kappa shape index (κ2) is 6.85. The van der Waals surface area contributed by atoms with Crippen LogP contribution in [0.3, 0.4) is 0 Å². The first-order valence-corrected chi connectivity index (χ1v) is 6.97. The number of hydrogen-bond donors (Lipinski definition) is 1. The molecule has 0 heterocycles. The van der Waals surface area contributed by atoms with Crippen LogP contribution in [0.5, 0.6) is 0 Å². The van der Waals surface area contributed by atoms with Crippen LogP contribution in [0.2, 0.25) is 0 Å². The first-order chi connectivity index (χ1) is 10.5.